The summed E-state index contributed by atoms with van der Waals surface area (Å²) in [6, 6.07) is 3.84. The monoisotopic (exact) mass is 247 g/mol. The van der Waals surface area contributed by atoms with E-state index in [0.717, 1.165) is 30.5 Å². The lowest BCUT2D eigenvalue weighted by Crippen LogP contribution is -2.27. The van der Waals surface area contributed by atoms with Crippen molar-refractivity contribution in [1.82, 2.24) is 4.98 Å². The molecule has 0 saturated carbocycles. The van der Waals surface area contributed by atoms with Crippen LogP contribution in [0.3, 0.4) is 0 Å². The number of aromatic nitrogens is 1. The molecule has 100 valence electrons. The Morgan fingerprint density at radius 1 is 1.28 bits per heavy atom. The summed E-state index contributed by atoms with van der Waals surface area (Å²) >= 11 is 0. The normalized spacial score (nSPS) is 21.7. The fourth-order valence-electron chi connectivity index (χ4n) is 2.85. The smallest absolute Gasteiger partial charge is 0.151 e. The Balaban J connectivity index is 2.08. The maximum atomic E-state index is 6.02. The molecule has 3 heteroatoms. The van der Waals surface area contributed by atoms with Gasteiger partial charge in [-0.3, -0.25) is 0 Å². The highest BCUT2D eigenvalue weighted by molar-refractivity contribution is 5.62. The second kappa shape index (κ2) is 5.17. The fourth-order valence-corrected chi connectivity index (χ4v) is 2.85. The van der Waals surface area contributed by atoms with Crippen LogP contribution in [0.1, 0.15) is 40.0 Å². The molecule has 0 amide bonds. The first kappa shape index (κ1) is 13.2. The van der Waals surface area contributed by atoms with Crippen LogP contribution in [0.5, 0.6) is 0 Å². The summed E-state index contributed by atoms with van der Waals surface area (Å²) < 4.78 is 0. The Bertz CT molecular complexity index is 395. The van der Waals surface area contributed by atoms with Gasteiger partial charge in [-0.1, -0.05) is 20.8 Å². The molecule has 0 radical (unpaired) electrons. The van der Waals surface area contributed by atoms with E-state index >= 15 is 0 Å². The maximum Gasteiger partial charge on any atom is 0.151 e. The first-order valence-corrected chi connectivity index (χ1v) is 6.94. The van der Waals surface area contributed by atoms with Gasteiger partial charge in [0, 0.05) is 19.3 Å². The van der Waals surface area contributed by atoms with Crippen LogP contribution in [0.2, 0.25) is 0 Å². The maximum absolute atomic E-state index is 6.02. The van der Waals surface area contributed by atoms with Gasteiger partial charge < -0.3 is 10.6 Å². The van der Waals surface area contributed by atoms with Crippen molar-refractivity contribution in [1.29, 1.82) is 0 Å². The molecule has 0 bridgehead atoms. The van der Waals surface area contributed by atoms with Gasteiger partial charge in [-0.25, -0.2) is 4.98 Å². The molecule has 2 rings (SSSR count). The molecule has 18 heavy (non-hydrogen) atoms. The van der Waals surface area contributed by atoms with E-state index < -0.39 is 0 Å². The summed E-state index contributed by atoms with van der Waals surface area (Å²) in [5.74, 6) is 1.76. The molecule has 1 aliphatic rings. The number of nitrogens with zero attached hydrogens (tertiary/aromatic N) is 2. The number of nitrogens with two attached hydrogens (primary N) is 1. The van der Waals surface area contributed by atoms with E-state index in [1.54, 1.807) is 0 Å². The zero-order valence-electron chi connectivity index (χ0n) is 11.8. The van der Waals surface area contributed by atoms with Gasteiger partial charge in [0.1, 0.15) is 0 Å². The average molecular weight is 247 g/mol. The zero-order chi connectivity index (χ0) is 13.2. The van der Waals surface area contributed by atoms with Crippen LogP contribution in [0.25, 0.3) is 0 Å². The molecule has 3 nitrogen and oxygen atoms in total. The molecular weight excluding hydrogens is 222 g/mol. The molecule has 1 aromatic heterocycles. The minimum absolute atomic E-state index is 0.408. The lowest BCUT2D eigenvalue weighted by atomic mass is 9.77. The van der Waals surface area contributed by atoms with Gasteiger partial charge in [0.2, 0.25) is 0 Å². The molecule has 1 fully saturated rings. The van der Waals surface area contributed by atoms with Gasteiger partial charge in [0.05, 0.1) is 5.69 Å². The SMILES string of the molecule is CC(C)(C)C1CCCN(c2ncccc2N)CC1. The molecule has 1 saturated heterocycles. The Morgan fingerprint density at radius 2 is 2.06 bits per heavy atom. The number of pyridine rings is 1. The van der Waals surface area contributed by atoms with E-state index in [2.05, 4.69) is 30.7 Å². The second-order valence-corrected chi connectivity index (χ2v) is 6.40. The third kappa shape index (κ3) is 2.95. The van der Waals surface area contributed by atoms with Crippen molar-refractivity contribution in [3.8, 4) is 0 Å². The number of hydrogen-bond donors (Lipinski definition) is 1. The largest absolute Gasteiger partial charge is 0.396 e. The summed E-state index contributed by atoms with van der Waals surface area (Å²) in [6.07, 6.45) is 5.61. The summed E-state index contributed by atoms with van der Waals surface area (Å²) in [6.45, 7) is 9.20. The third-order valence-electron chi connectivity index (χ3n) is 4.07. The molecule has 2 heterocycles. The Morgan fingerprint density at radius 3 is 2.72 bits per heavy atom. The van der Waals surface area contributed by atoms with Crippen molar-refractivity contribution in [3.05, 3.63) is 18.3 Å². The van der Waals surface area contributed by atoms with Crippen molar-refractivity contribution in [2.24, 2.45) is 11.3 Å². The lowest BCUT2D eigenvalue weighted by Gasteiger charge is -2.30. The summed E-state index contributed by atoms with van der Waals surface area (Å²) in [7, 11) is 0. The topological polar surface area (TPSA) is 42.2 Å². The van der Waals surface area contributed by atoms with Crippen LogP contribution >= 0.6 is 0 Å². The highest BCUT2D eigenvalue weighted by Gasteiger charge is 2.27. The van der Waals surface area contributed by atoms with Crippen molar-refractivity contribution < 1.29 is 0 Å². The van der Waals surface area contributed by atoms with Crippen molar-refractivity contribution in [2.45, 2.75) is 40.0 Å². The molecule has 0 aliphatic carbocycles. The number of hydrogen-bond acceptors (Lipinski definition) is 3. The summed E-state index contributed by atoms with van der Waals surface area (Å²) in [4.78, 5) is 6.78. The van der Waals surface area contributed by atoms with Crippen LogP contribution in [0, 0.1) is 11.3 Å². The van der Waals surface area contributed by atoms with Crippen LogP contribution in [0.15, 0.2) is 18.3 Å². The molecule has 0 aromatic carbocycles. The van der Waals surface area contributed by atoms with Gasteiger partial charge in [-0.2, -0.15) is 0 Å². The van der Waals surface area contributed by atoms with E-state index in [-0.39, 0.29) is 0 Å². The first-order chi connectivity index (χ1) is 8.48. The van der Waals surface area contributed by atoms with Gasteiger partial charge in [0.25, 0.3) is 0 Å². The van der Waals surface area contributed by atoms with E-state index in [1.165, 1.54) is 19.3 Å². The van der Waals surface area contributed by atoms with Crippen molar-refractivity contribution >= 4 is 11.5 Å². The number of anilines is 2. The third-order valence-corrected chi connectivity index (χ3v) is 4.07. The highest BCUT2D eigenvalue weighted by atomic mass is 15.2. The Kier molecular flexibility index (Phi) is 3.79. The van der Waals surface area contributed by atoms with Crippen LogP contribution < -0.4 is 10.6 Å². The van der Waals surface area contributed by atoms with Gasteiger partial charge in [0.15, 0.2) is 5.82 Å². The predicted octanol–water partition coefficient (Wildman–Crippen LogP) is 3.32. The molecule has 1 unspecified atom stereocenters. The Hall–Kier alpha value is -1.25. The number of rotatable bonds is 1. The van der Waals surface area contributed by atoms with Crippen LogP contribution in [-0.4, -0.2) is 18.1 Å². The van der Waals surface area contributed by atoms with Gasteiger partial charge >= 0.3 is 0 Å². The fraction of sp³-hybridized carbons (Fsp3) is 0.667. The molecule has 0 spiro atoms. The first-order valence-electron chi connectivity index (χ1n) is 6.94. The van der Waals surface area contributed by atoms with Gasteiger partial charge in [-0.05, 0) is 42.7 Å². The number of nitrogen functional groups attached to an aromatic ring is 1. The van der Waals surface area contributed by atoms with Gasteiger partial charge in [-0.15, -0.1) is 0 Å². The minimum Gasteiger partial charge on any atom is -0.396 e. The van der Waals surface area contributed by atoms with E-state index in [1.807, 2.05) is 18.3 Å². The quantitative estimate of drug-likeness (QED) is 0.827. The molecule has 2 N–H and O–H groups in total. The summed E-state index contributed by atoms with van der Waals surface area (Å²) in [5.41, 5.74) is 7.22. The lowest BCUT2D eigenvalue weighted by molar-refractivity contribution is 0.220. The zero-order valence-corrected chi connectivity index (χ0v) is 11.8. The molecule has 1 aromatic rings. The van der Waals surface area contributed by atoms with Crippen LogP contribution in [0.4, 0.5) is 11.5 Å². The molecule has 1 aliphatic heterocycles. The van der Waals surface area contributed by atoms with E-state index in [0.29, 0.717) is 5.41 Å². The van der Waals surface area contributed by atoms with E-state index in [9.17, 15) is 0 Å². The molecular formula is C15H25N3. The predicted molar refractivity (Wildman–Crippen MR) is 77.7 cm³/mol. The average Bonchev–Trinajstić information content (AvgIpc) is 2.54. The highest BCUT2D eigenvalue weighted by Crippen LogP contribution is 2.35. The molecule has 1 atom stereocenters. The summed E-state index contributed by atoms with van der Waals surface area (Å²) in [5, 5.41) is 0. The Labute approximate surface area is 110 Å². The van der Waals surface area contributed by atoms with Crippen LogP contribution in [-0.2, 0) is 0 Å². The van der Waals surface area contributed by atoms with E-state index in [4.69, 9.17) is 5.73 Å². The minimum atomic E-state index is 0.408. The van der Waals surface area contributed by atoms with Crippen molar-refractivity contribution in [2.75, 3.05) is 23.7 Å². The standard InChI is InChI=1S/C15H25N3/c1-15(2,3)12-6-5-10-18(11-8-12)14-13(16)7-4-9-17-14/h4,7,9,12H,5-6,8,10-11,16H2,1-3H3. The van der Waals surface area contributed by atoms with Crippen molar-refractivity contribution in [3.63, 3.8) is 0 Å². The second-order valence-electron chi connectivity index (χ2n) is 6.40.